The lowest BCUT2D eigenvalue weighted by Crippen LogP contribution is -2.26. The van der Waals surface area contributed by atoms with Crippen molar-refractivity contribution in [3.63, 3.8) is 0 Å². The summed E-state index contributed by atoms with van der Waals surface area (Å²) in [4.78, 5) is 0.290. The fraction of sp³-hybridized carbons (Fsp3) is 0.400. The van der Waals surface area contributed by atoms with Crippen LogP contribution in [0.5, 0.6) is 0 Å². The Labute approximate surface area is 101 Å². The van der Waals surface area contributed by atoms with Gasteiger partial charge in [0.2, 0.25) is 10.0 Å². The Morgan fingerprint density at radius 1 is 1.31 bits per heavy atom. The fourth-order valence-electron chi connectivity index (χ4n) is 1.26. The van der Waals surface area contributed by atoms with Crippen molar-refractivity contribution in [2.75, 3.05) is 30.9 Å². The zero-order valence-corrected chi connectivity index (χ0v) is 11.0. The van der Waals surface area contributed by atoms with Crippen LogP contribution in [0.3, 0.4) is 0 Å². The van der Waals surface area contributed by atoms with Crippen molar-refractivity contribution in [3.05, 3.63) is 24.3 Å². The van der Waals surface area contributed by atoms with E-state index in [0.717, 1.165) is 5.75 Å². The molecule has 0 spiro atoms. The molecule has 16 heavy (non-hydrogen) atoms. The summed E-state index contributed by atoms with van der Waals surface area (Å²) in [5.74, 6) is 0.765. The molecule has 1 aromatic carbocycles. The van der Waals surface area contributed by atoms with Crippen LogP contribution in [-0.2, 0) is 10.0 Å². The van der Waals surface area contributed by atoms with Crippen molar-refractivity contribution < 1.29 is 8.42 Å². The molecule has 1 aromatic rings. The van der Waals surface area contributed by atoms with E-state index in [1.54, 1.807) is 43.1 Å². The Morgan fingerprint density at radius 2 is 2.00 bits per heavy atom. The van der Waals surface area contributed by atoms with E-state index in [0.29, 0.717) is 17.1 Å². The average Bonchev–Trinajstić information content (AvgIpc) is 2.29. The maximum Gasteiger partial charge on any atom is 0.242 e. The Kier molecular flexibility index (Phi) is 5.11. The third kappa shape index (κ3) is 3.40. The third-order valence-electron chi connectivity index (χ3n) is 2.04. The molecule has 0 amide bonds. The predicted octanol–water partition coefficient (Wildman–Crippen LogP) is 1.37. The Balaban J connectivity index is 2.89. The van der Waals surface area contributed by atoms with Gasteiger partial charge in [-0.1, -0.05) is 12.1 Å². The normalized spacial score (nSPS) is 11.4. The first-order valence-electron chi connectivity index (χ1n) is 4.87. The van der Waals surface area contributed by atoms with Gasteiger partial charge in [0.1, 0.15) is 4.90 Å². The number of thioether (sulfide) groups is 1. The number of anilines is 1. The molecule has 4 nitrogen and oxygen atoms in total. The molecule has 0 heterocycles. The molecule has 0 bridgehead atoms. The second-order valence-electron chi connectivity index (χ2n) is 3.14. The lowest BCUT2D eigenvalue weighted by Gasteiger charge is -2.10. The number of sulfonamides is 1. The van der Waals surface area contributed by atoms with Gasteiger partial charge in [-0.2, -0.15) is 11.8 Å². The van der Waals surface area contributed by atoms with E-state index in [2.05, 4.69) is 10.0 Å². The summed E-state index contributed by atoms with van der Waals surface area (Å²) < 4.78 is 26.4. The highest BCUT2D eigenvalue weighted by molar-refractivity contribution is 7.98. The van der Waals surface area contributed by atoms with Gasteiger partial charge in [0.15, 0.2) is 0 Å². The SMILES string of the molecule is CNc1ccccc1S(=O)(=O)NCCSC. The van der Waals surface area contributed by atoms with E-state index < -0.39 is 10.0 Å². The van der Waals surface area contributed by atoms with Crippen LogP contribution >= 0.6 is 11.8 Å². The van der Waals surface area contributed by atoms with E-state index in [1.807, 2.05) is 6.26 Å². The van der Waals surface area contributed by atoms with Gasteiger partial charge in [-0.25, -0.2) is 13.1 Å². The molecule has 2 N–H and O–H groups in total. The molecule has 0 unspecified atom stereocenters. The number of hydrogen-bond donors (Lipinski definition) is 2. The van der Waals surface area contributed by atoms with E-state index in [1.165, 1.54) is 0 Å². The molecule has 0 radical (unpaired) electrons. The first kappa shape index (κ1) is 13.3. The highest BCUT2D eigenvalue weighted by Gasteiger charge is 2.16. The quantitative estimate of drug-likeness (QED) is 0.759. The molecule has 0 fully saturated rings. The minimum Gasteiger partial charge on any atom is -0.387 e. The summed E-state index contributed by atoms with van der Waals surface area (Å²) in [7, 11) is -1.70. The van der Waals surface area contributed by atoms with Crippen LogP contribution in [0.25, 0.3) is 0 Å². The van der Waals surface area contributed by atoms with Crippen LogP contribution in [0.15, 0.2) is 29.2 Å². The van der Waals surface area contributed by atoms with E-state index in [9.17, 15) is 8.42 Å². The molecule has 1 rings (SSSR count). The Hall–Kier alpha value is -0.720. The average molecular weight is 260 g/mol. The topological polar surface area (TPSA) is 58.2 Å². The lowest BCUT2D eigenvalue weighted by molar-refractivity contribution is 0.584. The highest BCUT2D eigenvalue weighted by atomic mass is 32.2. The molecule has 0 atom stereocenters. The van der Waals surface area contributed by atoms with E-state index >= 15 is 0 Å². The summed E-state index contributed by atoms with van der Waals surface area (Å²) in [5, 5.41) is 2.87. The largest absolute Gasteiger partial charge is 0.387 e. The Bertz CT molecular complexity index is 432. The summed E-state index contributed by atoms with van der Waals surface area (Å²) in [6, 6.07) is 6.84. The standard InChI is InChI=1S/C10H16N2O2S2/c1-11-9-5-3-4-6-10(9)16(13,14)12-7-8-15-2/h3-6,11-12H,7-8H2,1-2H3. The molecular formula is C10H16N2O2S2. The van der Waals surface area contributed by atoms with Crippen LogP contribution < -0.4 is 10.0 Å². The maximum atomic E-state index is 11.9. The third-order valence-corrected chi connectivity index (χ3v) is 4.18. The van der Waals surface area contributed by atoms with Gasteiger partial charge < -0.3 is 5.32 Å². The van der Waals surface area contributed by atoms with Crippen LogP contribution in [0.4, 0.5) is 5.69 Å². The lowest BCUT2D eigenvalue weighted by atomic mass is 10.3. The van der Waals surface area contributed by atoms with Gasteiger partial charge in [-0.05, 0) is 18.4 Å². The van der Waals surface area contributed by atoms with Gasteiger partial charge in [-0.3, -0.25) is 0 Å². The monoisotopic (exact) mass is 260 g/mol. The first-order chi connectivity index (χ1) is 7.61. The van der Waals surface area contributed by atoms with Crippen LogP contribution in [0.2, 0.25) is 0 Å². The van der Waals surface area contributed by atoms with Gasteiger partial charge >= 0.3 is 0 Å². The number of nitrogens with one attached hydrogen (secondary N) is 2. The zero-order chi connectivity index (χ0) is 12.0. The van der Waals surface area contributed by atoms with Crippen LogP contribution in [-0.4, -0.2) is 34.0 Å². The molecular weight excluding hydrogens is 244 g/mol. The summed E-state index contributed by atoms with van der Waals surface area (Å²) >= 11 is 1.60. The second-order valence-corrected chi connectivity index (χ2v) is 5.86. The van der Waals surface area contributed by atoms with Gasteiger partial charge in [0.05, 0.1) is 5.69 Å². The summed E-state index contributed by atoms with van der Waals surface area (Å²) in [5.41, 5.74) is 0.610. The first-order valence-corrected chi connectivity index (χ1v) is 7.75. The molecule has 90 valence electrons. The number of rotatable bonds is 6. The second kappa shape index (κ2) is 6.12. The van der Waals surface area contributed by atoms with Gasteiger partial charge in [-0.15, -0.1) is 0 Å². The molecule has 0 aliphatic carbocycles. The molecule has 0 saturated carbocycles. The van der Waals surface area contributed by atoms with Crippen molar-refractivity contribution in [2.24, 2.45) is 0 Å². The van der Waals surface area contributed by atoms with E-state index in [-0.39, 0.29) is 0 Å². The zero-order valence-electron chi connectivity index (χ0n) is 9.36. The summed E-state index contributed by atoms with van der Waals surface area (Å²) in [6.07, 6.45) is 1.94. The van der Waals surface area contributed by atoms with Crippen LogP contribution in [0, 0.1) is 0 Å². The van der Waals surface area contributed by atoms with E-state index in [4.69, 9.17) is 0 Å². The molecule has 0 aliphatic heterocycles. The smallest absolute Gasteiger partial charge is 0.242 e. The van der Waals surface area contributed by atoms with Crippen LogP contribution in [0.1, 0.15) is 0 Å². The molecule has 6 heteroatoms. The Morgan fingerprint density at radius 3 is 2.62 bits per heavy atom. The molecule has 0 saturated heterocycles. The number of hydrogen-bond acceptors (Lipinski definition) is 4. The fourth-order valence-corrected chi connectivity index (χ4v) is 2.94. The molecule has 0 aromatic heterocycles. The highest BCUT2D eigenvalue weighted by Crippen LogP contribution is 2.19. The minimum absolute atomic E-state index is 0.290. The maximum absolute atomic E-state index is 11.9. The number of benzene rings is 1. The van der Waals surface area contributed by atoms with Gasteiger partial charge in [0, 0.05) is 19.3 Å². The number of para-hydroxylation sites is 1. The van der Waals surface area contributed by atoms with Gasteiger partial charge in [0.25, 0.3) is 0 Å². The minimum atomic E-state index is -3.40. The summed E-state index contributed by atoms with van der Waals surface area (Å²) in [6.45, 7) is 0.446. The van der Waals surface area contributed by atoms with Crippen molar-refractivity contribution >= 4 is 27.5 Å². The van der Waals surface area contributed by atoms with Crippen molar-refractivity contribution in [2.45, 2.75) is 4.90 Å². The van der Waals surface area contributed by atoms with Crippen molar-refractivity contribution in [1.82, 2.24) is 4.72 Å². The molecule has 0 aliphatic rings. The predicted molar refractivity (Wildman–Crippen MR) is 69.6 cm³/mol. The van der Waals surface area contributed by atoms with Crippen molar-refractivity contribution in [3.8, 4) is 0 Å². The van der Waals surface area contributed by atoms with Crippen molar-refractivity contribution in [1.29, 1.82) is 0 Å².